The summed E-state index contributed by atoms with van der Waals surface area (Å²) in [7, 11) is 0. The zero-order valence-electron chi connectivity index (χ0n) is 13.7. The molecule has 1 aliphatic rings. The molecule has 1 N–H and O–H groups in total. The summed E-state index contributed by atoms with van der Waals surface area (Å²) in [6.45, 7) is 9.19. The molecule has 0 saturated carbocycles. The Bertz CT molecular complexity index is 515. The zero-order chi connectivity index (χ0) is 16.3. The topological polar surface area (TPSA) is 88.7 Å². The maximum atomic E-state index is 11.7. The lowest BCUT2D eigenvalue weighted by Gasteiger charge is -2.31. The van der Waals surface area contributed by atoms with E-state index in [1.54, 1.807) is 13.8 Å². The molecule has 0 aliphatic carbocycles. The number of aliphatic hydroxyl groups is 1. The molecular weight excluding hydrogens is 286 g/mol. The second kappa shape index (κ2) is 6.75. The highest BCUT2D eigenvalue weighted by Gasteiger charge is 2.39. The summed E-state index contributed by atoms with van der Waals surface area (Å²) in [5.41, 5.74) is -0.260. The van der Waals surface area contributed by atoms with Crippen molar-refractivity contribution in [3.05, 3.63) is 11.7 Å². The molecule has 1 fully saturated rings. The van der Waals surface area contributed by atoms with Crippen LogP contribution in [-0.4, -0.2) is 51.9 Å². The van der Waals surface area contributed by atoms with Gasteiger partial charge in [-0.25, -0.2) is 0 Å². The van der Waals surface area contributed by atoms with E-state index < -0.39 is 6.10 Å². The van der Waals surface area contributed by atoms with E-state index in [9.17, 15) is 9.90 Å². The van der Waals surface area contributed by atoms with Crippen molar-refractivity contribution in [3.63, 3.8) is 0 Å². The third-order valence-electron chi connectivity index (χ3n) is 3.77. The van der Waals surface area contributed by atoms with E-state index in [1.807, 2.05) is 13.8 Å². The second-order valence-corrected chi connectivity index (χ2v) is 6.66. The number of aliphatic hydroxyl groups excluding tert-OH is 1. The fraction of sp³-hybridized carbons (Fsp3) is 0.800. The van der Waals surface area contributed by atoms with Crippen molar-refractivity contribution in [3.8, 4) is 0 Å². The molecule has 7 heteroatoms. The number of esters is 1. The second-order valence-electron chi connectivity index (χ2n) is 6.66. The van der Waals surface area contributed by atoms with Gasteiger partial charge in [-0.1, -0.05) is 19.0 Å². The molecule has 1 aliphatic heterocycles. The largest absolute Gasteiger partial charge is 0.466 e. The first kappa shape index (κ1) is 16.9. The van der Waals surface area contributed by atoms with E-state index in [4.69, 9.17) is 9.26 Å². The minimum absolute atomic E-state index is 0.0994. The summed E-state index contributed by atoms with van der Waals surface area (Å²) in [5.74, 6) is 0.917. The number of nitrogens with zero attached hydrogens (tertiary/aromatic N) is 3. The van der Waals surface area contributed by atoms with E-state index in [0.29, 0.717) is 44.3 Å². The van der Waals surface area contributed by atoms with Gasteiger partial charge < -0.3 is 14.4 Å². The summed E-state index contributed by atoms with van der Waals surface area (Å²) < 4.78 is 10.3. The molecule has 1 aromatic rings. The predicted octanol–water partition coefficient (Wildman–Crippen LogP) is 1.47. The average Bonchev–Trinajstić information content (AvgIpc) is 2.94. The molecular formula is C15H25N3O4. The van der Waals surface area contributed by atoms with Crippen LogP contribution >= 0.6 is 0 Å². The maximum absolute atomic E-state index is 11.7. The number of likely N-dealkylation sites (tertiary alicyclic amines) is 1. The number of carbonyl (C=O) groups is 1. The standard InChI is InChI=1S/C15H25N3O4/c1-5-21-13(20)7-15(3,4)9-18-8-11(19)6-12(18)14-16-10(2)17-22-14/h11-12,19H,5-9H2,1-4H3/t11-,12-/m1/s1. The van der Waals surface area contributed by atoms with E-state index in [2.05, 4.69) is 15.0 Å². The number of aryl methyl sites for hydroxylation is 1. The van der Waals surface area contributed by atoms with Crippen LogP contribution in [0.25, 0.3) is 0 Å². The molecule has 2 heterocycles. The number of carbonyl (C=O) groups excluding carboxylic acids is 1. The summed E-state index contributed by atoms with van der Waals surface area (Å²) in [6.07, 6.45) is 0.482. The first-order chi connectivity index (χ1) is 10.3. The van der Waals surface area contributed by atoms with E-state index in [1.165, 1.54) is 0 Å². The lowest BCUT2D eigenvalue weighted by Crippen LogP contribution is -2.36. The fourth-order valence-corrected chi connectivity index (χ4v) is 2.97. The van der Waals surface area contributed by atoms with Crippen LogP contribution in [-0.2, 0) is 9.53 Å². The Morgan fingerprint density at radius 1 is 1.55 bits per heavy atom. The number of rotatable bonds is 6. The lowest BCUT2D eigenvalue weighted by molar-refractivity contribution is -0.145. The van der Waals surface area contributed by atoms with Gasteiger partial charge in [0.25, 0.3) is 0 Å². The predicted molar refractivity (Wildman–Crippen MR) is 79.0 cm³/mol. The molecule has 7 nitrogen and oxygen atoms in total. The Morgan fingerprint density at radius 3 is 2.86 bits per heavy atom. The molecule has 2 atom stereocenters. The molecule has 0 radical (unpaired) electrons. The van der Waals surface area contributed by atoms with Crippen LogP contribution in [0.5, 0.6) is 0 Å². The number of hydrogen-bond donors (Lipinski definition) is 1. The number of ether oxygens (including phenoxy) is 1. The van der Waals surface area contributed by atoms with Crippen molar-refractivity contribution in [2.45, 2.75) is 52.7 Å². The molecule has 0 spiro atoms. The fourth-order valence-electron chi connectivity index (χ4n) is 2.97. The highest BCUT2D eigenvalue weighted by molar-refractivity contribution is 5.70. The molecule has 1 aromatic heterocycles. The first-order valence-corrected chi connectivity index (χ1v) is 7.68. The van der Waals surface area contributed by atoms with Crippen molar-refractivity contribution in [1.82, 2.24) is 15.0 Å². The SMILES string of the molecule is CCOC(=O)CC(C)(C)CN1C[C@H](O)C[C@@H]1c1nc(C)no1. The van der Waals surface area contributed by atoms with Crippen LogP contribution in [0.3, 0.4) is 0 Å². The molecule has 0 bridgehead atoms. The lowest BCUT2D eigenvalue weighted by atomic mass is 9.88. The molecule has 0 amide bonds. The van der Waals surface area contributed by atoms with Crippen molar-refractivity contribution in [1.29, 1.82) is 0 Å². The smallest absolute Gasteiger partial charge is 0.306 e. The summed E-state index contributed by atoms with van der Waals surface area (Å²) in [6, 6.07) is -0.0994. The summed E-state index contributed by atoms with van der Waals surface area (Å²) in [5, 5.41) is 13.8. The Labute approximate surface area is 130 Å². The quantitative estimate of drug-likeness (QED) is 0.796. The molecule has 1 saturated heterocycles. The highest BCUT2D eigenvalue weighted by Crippen LogP contribution is 2.35. The maximum Gasteiger partial charge on any atom is 0.306 e. The van der Waals surface area contributed by atoms with Crippen molar-refractivity contribution in [2.75, 3.05) is 19.7 Å². The van der Waals surface area contributed by atoms with Gasteiger partial charge in [0, 0.05) is 13.1 Å². The third kappa shape index (κ3) is 4.27. The van der Waals surface area contributed by atoms with Gasteiger partial charge in [0.1, 0.15) is 0 Å². The van der Waals surface area contributed by atoms with E-state index in [0.717, 1.165) is 0 Å². The molecule has 2 rings (SSSR count). The van der Waals surface area contributed by atoms with Crippen LogP contribution in [0, 0.1) is 12.3 Å². The van der Waals surface area contributed by atoms with Gasteiger partial charge in [0.05, 0.1) is 25.2 Å². The van der Waals surface area contributed by atoms with Crippen LogP contribution in [0.15, 0.2) is 4.52 Å². The molecule has 0 unspecified atom stereocenters. The van der Waals surface area contributed by atoms with Gasteiger partial charge in [-0.15, -0.1) is 0 Å². The Hall–Kier alpha value is -1.47. The van der Waals surface area contributed by atoms with Gasteiger partial charge in [-0.3, -0.25) is 9.69 Å². The number of β-amino-alcohol motifs (C(OH)–C–C–N with tert-alkyl or cyclic N) is 1. The minimum atomic E-state index is -0.421. The summed E-state index contributed by atoms with van der Waals surface area (Å²) in [4.78, 5) is 18.1. The van der Waals surface area contributed by atoms with Crippen molar-refractivity contribution < 1.29 is 19.2 Å². The van der Waals surface area contributed by atoms with Crippen LogP contribution < -0.4 is 0 Å². The van der Waals surface area contributed by atoms with Gasteiger partial charge in [0.2, 0.25) is 5.89 Å². The van der Waals surface area contributed by atoms with Gasteiger partial charge in [-0.05, 0) is 25.7 Å². The average molecular weight is 311 g/mol. The summed E-state index contributed by atoms with van der Waals surface area (Å²) >= 11 is 0. The normalized spacial score (nSPS) is 23.0. The van der Waals surface area contributed by atoms with Gasteiger partial charge in [0.15, 0.2) is 5.82 Å². The minimum Gasteiger partial charge on any atom is -0.466 e. The van der Waals surface area contributed by atoms with Gasteiger partial charge >= 0.3 is 5.97 Å². The van der Waals surface area contributed by atoms with Crippen molar-refractivity contribution in [2.24, 2.45) is 5.41 Å². The third-order valence-corrected chi connectivity index (χ3v) is 3.77. The first-order valence-electron chi connectivity index (χ1n) is 7.68. The molecule has 0 aromatic carbocycles. The van der Waals surface area contributed by atoms with Crippen LogP contribution in [0.4, 0.5) is 0 Å². The highest BCUT2D eigenvalue weighted by atomic mass is 16.5. The number of aromatic nitrogens is 2. The monoisotopic (exact) mass is 311 g/mol. The van der Waals surface area contributed by atoms with Crippen molar-refractivity contribution >= 4 is 5.97 Å². The van der Waals surface area contributed by atoms with Gasteiger partial charge in [-0.2, -0.15) is 4.98 Å². The molecule has 124 valence electrons. The number of hydrogen-bond acceptors (Lipinski definition) is 7. The van der Waals surface area contributed by atoms with E-state index in [-0.39, 0.29) is 17.4 Å². The Balaban J connectivity index is 2.04. The van der Waals surface area contributed by atoms with Crippen LogP contribution in [0.1, 0.15) is 51.4 Å². The van der Waals surface area contributed by atoms with E-state index >= 15 is 0 Å². The zero-order valence-corrected chi connectivity index (χ0v) is 13.7. The molecule has 22 heavy (non-hydrogen) atoms. The van der Waals surface area contributed by atoms with Crippen LogP contribution in [0.2, 0.25) is 0 Å². The Morgan fingerprint density at radius 2 is 2.27 bits per heavy atom. The Kier molecular flexibility index (Phi) is 5.18.